The van der Waals surface area contributed by atoms with E-state index in [1.165, 1.54) is 0 Å². The Kier molecular flexibility index (Phi) is 8.17. The lowest BCUT2D eigenvalue weighted by Crippen LogP contribution is -2.29. The third-order valence-corrected chi connectivity index (χ3v) is 7.00. The molecule has 5 atom stereocenters. The highest BCUT2D eigenvalue weighted by molar-refractivity contribution is 5.68. The number of carboxylic acid groups (broad SMARTS) is 1. The maximum absolute atomic E-state index is 10.8. The second-order valence-electron chi connectivity index (χ2n) is 9.82. The Hall–Kier alpha value is -1.85. The van der Waals surface area contributed by atoms with Crippen LogP contribution < -0.4 is 4.74 Å². The van der Waals surface area contributed by atoms with Gasteiger partial charge >= 0.3 is 5.97 Å². The number of aliphatic hydroxyl groups is 1. The SMILES string of the molecule is CCCCC(C)(C)C(O)/C=C/[C@@H]1[C@H](CCc2cccc(OCC(=O)O)c2)[C@@H]2CC[C@H]1O2. The summed E-state index contributed by atoms with van der Waals surface area (Å²) in [5.41, 5.74) is 1.03. The zero-order chi connectivity index (χ0) is 22.4. The monoisotopic (exact) mass is 430 g/mol. The number of benzene rings is 1. The molecule has 2 saturated heterocycles. The maximum Gasteiger partial charge on any atom is 0.341 e. The van der Waals surface area contributed by atoms with Gasteiger partial charge in [0.1, 0.15) is 5.75 Å². The summed E-state index contributed by atoms with van der Waals surface area (Å²) in [6, 6.07) is 7.70. The first-order chi connectivity index (χ1) is 14.8. The predicted molar refractivity (Wildman–Crippen MR) is 121 cm³/mol. The lowest BCUT2D eigenvalue weighted by atomic mass is 9.75. The van der Waals surface area contributed by atoms with E-state index in [9.17, 15) is 9.90 Å². The topological polar surface area (TPSA) is 76.0 Å². The number of unbranched alkanes of at least 4 members (excludes halogenated alkanes) is 1. The Morgan fingerprint density at radius 2 is 2.10 bits per heavy atom. The van der Waals surface area contributed by atoms with E-state index in [0.29, 0.717) is 23.7 Å². The van der Waals surface area contributed by atoms with Gasteiger partial charge < -0.3 is 19.7 Å². The van der Waals surface area contributed by atoms with Gasteiger partial charge in [0.15, 0.2) is 6.61 Å². The van der Waals surface area contributed by atoms with Crippen LogP contribution in [0.1, 0.15) is 64.9 Å². The molecular formula is C26H38O5. The van der Waals surface area contributed by atoms with Crippen LogP contribution in [0.2, 0.25) is 0 Å². The van der Waals surface area contributed by atoms with Crippen molar-refractivity contribution in [1.82, 2.24) is 0 Å². The van der Waals surface area contributed by atoms with Gasteiger partial charge in [0.05, 0.1) is 18.3 Å². The van der Waals surface area contributed by atoms with Crippen LogP contribution in [-0.2, 0) is 16.0 Å². The molecule has 172 valence electrons. The molecule has 1 aromatic carbocycles. The number of aliphatic carboxylic acids is 1. The molecule has 2 bridgehead atoms. The fourth-order valence-corrected chi connectivity index (χ4v) is 5.00. The van der Waals surface area contributed by atoms with Crippen molar-refractivity contribution in [2.75, 3.05) is 6.61 Å². The minimum Gasteiger partial charge on any atom is -0.482 e. The summed E-state index contributed by atoms with van der Waals surface area (Å²) < 4.78 is 11.5. The van der Waals surface area contributed by atoms with Crippen molar-refractivity contribution in [3.8, 4) is 5.75 Å². The molecule has 1 unspecified atom stereocenters. The standard InChI is InChI=1S/C26H38O5/c1-4-5-15-26(2,3)24(27)14-11-21-20(22-12-13-23(21)31-22)10-9-18-7-6-8-19(16-18)30-17-25(28)29/h6-8,11,14,16,20-24,27H,4-5,9-10,12-13,15,17H2,1-3H3,(H,28,29)/b14-11+/t20-,21+,22-,23+,24?/m0/s1. The van der Waals surface area contributed by atoms with Crippen LogP contribution in [0, 0.1) is 17.3 Å². The second kappa shape index (κ2) is 10.6. The lowest BCUT2D eigenvalue weighted by molar-refractivity contribution is -0.139. The molecule has 31 heavy (non-hydrogen) atoms. The number of carboxylic acids is 1. The summed E-state index contributed by atoms with van der Waals surface area (Å²) in [6.07, 6.45) is 11.8. The van der Waals surface area contributed by atoms with Gasteiger partial charge in [0.25, 0.3) is 0 Å². The molecule has 0 radical (unpaired) electrons. The first-order valence-electron chi connectivity index (χ1n) is 11.8. The molecule has 2 N–H and O–H groups in total. The molecule has 0 amide bonds. The Bertz CT molecular complexity index is 756. The fourth-order valence-electron chi connectivity index (χ4n) is 5.00. The average Bonchev–Trinajstić information content (AvgIpc) is 3.35. The highest BCUT2D eigenvalue weighted by Gasteiger charge is 2.47. The largest absolute Gasteiger partial charge is 0.482 e. The number of rotatable bonds is 12. The van der Waals surface area contributed by atoms with E-state index >= 15 is 0 Å². The summed E-state index contributed by atoms with van der Waals surface area (Å²) in [5, 5.41) is 19.6. The average molecular weight is 431 g/mol. The quantitative estimate of drug-likeness (QED) is 0.456. The van der Waals surface area contributed by atoms with E-state index in [0.717, 1.165) is 50.5 Å². The number of aryl methyl sites for hydroxylation is 1. The van der Waals surface area contributed by atoms with Crippen molar-refractivity contribution >= 4 is 5.97 Å². The Balaban J connectivity index is 1.60. The summed E-state index contributed by atoms with van der Waals surface area (Å²) in [6.45, 7) is 6.15. The highest BCUT2D eigenvalue weighted by atomic mass is 16.5. The molecule has 1 aromatic rings. The molecule has 0 aromatic heterocycles. The number of carbonyl (C=O) groups is 1. The van der Waals surface area contributed by atoms with Crippen LogP contribution in [0.4, 0.5) is 0 Å². The molecule has 0 aliphatic carbocycles. The van der Waals surface area contributed by atoms with Gasteiger partial charge in [-0.25, -0.2) is 4.79 Å². The van der Waals surface area contributed by atoms with E-state index in [-0.39, 0.29) is 18.1 Å². The van der Waals surface area contributed by atoms with Crippen molar-refractivity contribution in [3.05, 3.63) is 42.0 Å². The van der Waals surface area contributed by atoms with Gasteiger partial charge in [-0.05, 0) is 61.1 Å². The van der Waals surface area contributed by atoms with Crippen molar-refractivity contribution < 1.29 is 24.5 Å². The summed E-state index contributed by atoms with van der Waals surface area (Å²) in [5.74, 6) is 0.420. The summed E-state index contributed by atoms with van der Waals surface area (Å²) >= 11 is 0. The third-order valence-electron chi connectivity index (χ3n) is 7.00. The number of ether oxygens (including phenoxy) is 2. The summed E-state index contributed by atoms with van der Waals surface area (Å²) in [7, 11) is 0. The van der Waals surface area contributed by atoms with E-state index < -0.39 is 12.1 Å². The van der Waals surface area contributed by atoms with Crippen LogP contribution in [0.15, 0.2) is 36.4 Å². The Morgan fingerprint density at radius 3 is 2.84 bits per heavy atom. The van der Waals surface area contributed by atoms with Gasteiger partial charge in [0, 0.05) is 5.92 Å². The first-order valence-corrected chi connectivity index (χ1v) is 11.8. The number of hydrogen-bond acceptors (Lipinski definition) is 4. The van der Waals surface area contributed by atoms with E-state index in [4.69, 9.17) is 14.6 Å². The number of fused-ring (bicyclic) bond motifs is 2. The smallest absolute Gasteiger partial charge is 0.341 e. The van der Waals surface area contributed by atoms with Gasteiger partial charge in [0.2, 0.25) is 0 Å². The van der Waals surface area contributed by atoms with Gasteiger partial charge in [-0.15, -0.1) is 0 Å². The van der Waals surface area contributed by atoms with E-state index in [1.807, 2.05) is 18.2 Å². The van der Waals surface area contributed by atoms with Crippen molar-refractivity contribution in [1.29, 1.82) is 0 Å². The predicted octanol–water partition coefficient (Wildman–Crippen LogP) is 5.01. The zero-order valence-corrected chi connectivity index (χ0v) is 19.1. The zero-order valence-electron chi connectivity index (χ0n) is 19.1. The molecule has 2 aliphatic rings. The maximum atomic E-state index is 10.8. The molecule has 0 spiro atoms. The lowest BCUT2D eigenvalue weighted by Gasteiger charge is -2.30. The molecule has 2 heterocycles. The van der Waals surface area contributed by atoms with Gasteiger partial charge in [-0.2, -0.15) is 0 Å². The molecule has 2 fully saturated rings. The minimum atomic E-state index is -0.973. The van der Waals surface area contributed by atoms with Crippen molar-refractivity contribution in [3.63, 3.8) is 0 Å². The Morgan fingerprint density at radius 1 is 1.32 bits per heavy atom. The molecule has 3 rings (SSSR count). The fraction of sp³-hybridized carbons (Fsp3) is 0.654. The normalized spacial score (nSPS) is 26.5. The van der Waals surface area contributed by atoms with Gasteiger partial charge in [-0.3, -0.25) is 0 Å². The number of aliphatic hydroxyl groups excluding tert-OH is 1. The van der Waals surface area contributed by atoms with Crippen molar-refractivity contribution in [2.24, 2.45) is 17.3 Å². The van der Waals surface area contributed by atoms with E-state index in [2.05, 4.69) is 32.9 Å². The van der Waals surface area contributed by atoms with Crippen LogP contribution >= 0.6 is 0 Å². The Labute approximate surface area is 186 Å². The highest BCUT2D eigenvalue weighted by Crippen LogP contribution is 2.46. The van der Waals surface area contributed by atoms with E-state index in [1.54, 1.807) is 6.07 Å². The first kappa shape index (κ1) is 23.8. The molecule has 0 saturated carbocycles. The van der Waals surface area contributed by atoms with Crippen LogP contribution in [0.5, 0.6) is 5.75 Å². The molecule has 5 heteroatoms. The second-order valence-corrected chi connectivity index (χ2v) is 9.82. The minimum absolute atomic E-state index is 0.114. The molecule has 5 nitrogen and oxygen atoms in total. The van der Waals surface area contributed by atoms with Crippen LogP contribution in [-0.4, -0.2) is 41.1 Å². The molecule has 2 aliphatic heterocycles. The summed E-state index contributed by atoms with van der Waals surface area (Å²) in [4.78, 5) is 10.7. The third kappa shape index (κ3) is 6.33. The number of hydrogen-bond donors (Lipinski definition) is 2. The van der Waals surface area contributed by atoms with Crippen LogP contribution in [0.25, 0.3) is 0 Å². The van der Waals surface area contributed by atoms with Gasteiger partial charge in [-0.1, -0.05) is 57.9 Å². The van der Waals surface area contributed by atoms with Crippen molar-refractivity contribution in [2.45, 2.75) is 84.0 Å². The molecular weight excluding hydrogens is 392 g/mol. The van der Waals surface area contributed by atoms with Crippen LogP contribution in [0.3, 0.4) is 0 Å².